The van der Waals surface area contributed by atoms with Crippen molar-refractivity contribution in [1.29, 1.82) is 0 Å². The number of hydrogen-bond donors (Lipinski definition) is 2. The number of carbonyl (C=O) groups excluding carboxylic acids is 1. The number of aliphatic carboxylic acids is 1. The minimum absolute atomic E-state index is 0.0328. The summed E-state index contributed by atoms with van der Waals surface area (Å²) >= 11 is 0. The predicted molar refractivity (Wildman–Crippen MR) is 78.5 cm³/mol. The minimum atomic E-state index is -4.47. The van der Waals surface area contributed by atoms with E-state index in [0.717, 1.165) is 12.1 Å². The maximum Gasteiger partial charge on any atom is 0.416 e. The molecule has 1 amide bonds. The number of alkyl halides is 3. The van der Waals surface area contributed by atoms with Crippen LogP contribution in [0.2, 0.25) is 0 Å². The van der Waals surface area contributed by atoms with Crippen LogP contribution in [0.1, 0.15) is 31.2 Å². The number of carboxylic acid groups (broad SMARTS) is 1. The molecular formula is C16H18F3NO4. The van der Waals surface area contributed by atoms with Gasteiger partial charge in [0.05, 0.1) is 11.5 Å². The first kappa shape index (κ1) is 18.1. The highest BCUT2D eigenvalue weighted by Crippen LogP contribution is 2.31. The molecule has 8 heteroatoms. The number of halogens is 3. The molecule has 1 saturated carbocycles. The largest absolute Gasteiger partial charge is 0.484 e. The quantitative estimate of drug-likeness (QED) is 0.860. The molecule has 0 atom stereocenters. The third kappa shape index (κ3) is 5.14. The van der Waals surface area contributed by atoms with Crippen LogP contribution in [0.15, 0.2) is 24.3 Å². The Balaban J connectivity index is 1.79. The average molecular weight is 345 g/mol. The SMILES string of the molecule is O=C(COc1cccc(C(F)(F)F)c1)NC1CCC(C(=O)O)CC1. The Morgan fingerprint density at radius 3 is 2.46 bits per heavy atom. The standard InChI is InChI=1S/C16H18F3NO4/c17-16(18,19)11-2-1-3-13(8-11)24-9-14(21)20-12-6-4-10(5-7-12)15(22)23/h1-3,8,10,12H,4-7,9H2,(H,20,21)(H,22,23). The van der Waals surface area contributed by atoms with Crippen LogP contribution in [0.5, 0.6) is 5.75 Å². The molecule has 2 N–H and O–H groups in total. The molecular weight excluding hydrogens is 327 g/mol. The molecule has 1 aliphatic carbocycles. The lowest BCUT2D eigenvalue weighted by molar-refractivity contribution is -0.143. The molecule has 0 spiro atoms. The molecule has 0 aliphatic heterocycles. The third-order valence-electron chi connectivity index (χ3n) is 3.97. The van der Waals surface area contributed by atoms with Gasteiger partial charge in [0.25, 0.3) is 5.91 Å². The first-order valence-corrected chi connectivity index (χ1v) is 7.58. The Hall–Kier alpha value is -2.25. The highest BCUT2D eigenvalue weighted by Gasteiger charge is 2.30. The van der Waals surface area contributed by atoms with E-state index in [0.29, 0.717) is 25.7 Å². The second-order valence-corrected chi connectivity index (χ2v) is 5.77. The van der Waals surface area contributed by atoms with Crippen molar-refractivity contribution in [3.05, 3.63) is 29.8 Å². The molecule has 0 bridgehead atoms. The molecule has 0 saturated heterocycles. The highest BCUT2D eigenvalue weighted by atomic mass is 19.4. The van der Waals surface area contributed by atoms with Gasteiger partial charge in [-0.25, -0.2) is 0 Å². The second kappa shape index (κ2) is 7.55. The van der Waals surface area contributed by atoms with Gasteiger partial charge >= 0.3 is 12.1 Å². The van der Waals surface area contributed by atoms with E-state index < -0.39 is 23.6 Å². The van der Waals surface area contributed by atoms with Crippen LogP contribution >= 0.6 is 0 Å². The van der Waals surface area contributed by atoms with Crippen LogP contribution < -0.4 is 10.1 Å². The number of carbonyl (C=O) groups is 2. The summed E-state index contributed by atoms with van der Waals surface area (Å²) < 4.78 is 42.9. The van der Waals surface area contributed by atoms with Gasteiger partial charge in [0.1, 0.15) is 5.75 Å². The lowest BCUT2D eigenvalue weighted by Gasteiger charge is -2.26. The molecule has 24 heavy (non-hydrogen) atoms. The van der Waals surface area contributed by atoms with Crippen LogP contribution in [0.25, 0.3) is 0 Å². The van der Waals surface area contributed by atoms with E-state index in [1.54, 1.807) is 0 Å². The van der Waals surface area contributed by atoms with Gasteiger partial charge < -0.3 is 15.2 Å². The highest BCUT2D eigenvalue weighted by molar-refractivity contribution is 5.78. The fourth-order valence-electron chi connectivity index (χ4n) is 2.67. The number of benzene rings is 1. The van der Waals surface area contributed by atoms with Crippen LogP contribution in [-0.4, -0.2) is 29.6 Å². The average Bonchev–Trinajstić information content (AvgIpc) is 2.53. The molecule has 1 aliphatic rings. The van der Waals surface area contributed by atoms with Crippen molar-refractivity contribution in [2.45, 2.75) is 37.9 Å². The Bertz CT molecular complexity index is 595. The second-order valence-electron chi connectivity index (χ2n) is 5.77. The summed E-state index contributed by atoms with van der Waals surface area (Å²) in [5.41, 5.74) is -0.840. The first-order chi connectivity index (χ1) is 11.3. The van der Waals surface area contributed by atoms with Crippen molar-refractivity contribution >= 4 is 11.9 Å². The maximum absolute atomic E-state index is 12.6. The molecule has 0 radical (unpaired) electrons. The van der Waals surface area contributed by atoms with Crippen molar-refractivity contribution in [1.82, 2.24) is 5.32 Å². The lowest BCUT2D eigenvalue weighted by atomic mass is 9.86. The van der Waals surface area contributed by atoms with Gasteiger partial charge in [0.2, 0.25) is 0 Å². The number of carboxylic acids is 1. The van der Waals surface area contributed by atoms with E-state index in [1.807, 2.05) is 0 Å². The van der Waals surface area contributed by atoms with Gasteiger partial charge in [-0.2, -0.15) is 13.2 Å². The van der Waals surface area contributed by atoms with E-state index in [9.17, 15) is 22.8 Å². The summed E-state index contributed by atoms with van der Waals surface area (Å²) in [6.07, 6.45) is -2.35. The molecule has 1 aromatic carbocycles. The summed E-state index contributed by atoms with van der Waals surface area (Å²) in [5, 5.41) is 11.6. The molecule has 5 nitrogen and oxygen atoms in total. The fourth-order valence-corrected chi connectivity index (χ4v) is 2.67. The monoisotopic (exact) mass is 345 g/mol. The summed E-state index contributed by atoms with van der Waals surface area (Å²) in [6, 6.07) is 4.20. The van der Waals surface area contributed by atoms with E-state index >= 15 is 0 Å². The van der Waals surface area contributed by atoms with Crippen molar-refractivity contribution in [2.75, 3.05) is 6.61 Å². The van der Waals surface area contributed by atoms with Crippen molar-refractivity contribution in [3.8, 4) is 5.75 Å². The van der Waals surface area contributed by atoms with Gasteiger partial charge in [0, 0.05) is 6.04 Å². The van der Waals surface area contributed by atoms with Crippen molar-refractivity contribution in [3.63, 3.8) is 0 Å². The molecule has 2 rings (SSSR count). The predicted octanol–water partition coefficient (Wildman–Crippen LogP) is 2.84. The maximum atomic E-state index is 12.6. The first-order valence-electron chi connectivity index (χ1n) is 7.58. The van der Waals surface area contributed by atoms with Crippen LogP contribution in [0.3, 0.4) is 0 Å². The van der Waals surface area contributed by atoms with Crippen molar-refractivity contribution in [2.24, 2.45) is 5.92 Å². The third-order valence-corrected chi connectivity index (χ3v) is 3.97. The van der Waals surface area contributed by atoms with Gasteiger partial charge in [0.15, 0.2) is 6.61 Å². The number of nitrogens with one attached hydrogen (secondary N) is 1. The number of hydrogen-bond acceptors (Lipinski definition) is 3. The number of rotatable bonds is 5. The molecule has 0 heterocycles. The van der Waals surface area contributed by atoms with E-state index in [1.165, 1.54) is 12.1 Å². The van der Waals surface area contributed by atoms with Gasteiger partial charge in [-0.05, 0) is 43.9 Å². The van der Waals surface area contributed by atoms with E-state index in [2.05, 4.69) is 5.32 Å². The van der Waals surface area contributed by atoms with Gasteiger partial charge in [-0.1, -0.05) is 6.07 Å². The van der Waals surface area contributed by atoms with Gasteiger partial charge in [-0.3, -0.25) is 9.59 Å². The summed E-state index contributed by atoms with van der Waals surface area (Å²) in [5.74, 6) is -1.67. The normalized spacial score (nSPS) is 21.1. The van der Waals surface area contributed by atoms with Crippen LogP contribution in [0, 0.1) is 5.92 Å². The zero-order valence-electron chi connectivity index (χ0n) is 12.8. The number of ether oxygens (including phenoxy) is 1. The molecule has 0 aromatic heterocycles. The fraction of sp³-hybridized carbons (Fsp3) is 0.500. The smallest absolute Gasteiger partial charge is 0.416 e. The van der Waals surface area contributed by atoms with E-state index in [4.69, 9.17) is 9.84 Å². The van der Waals surface area contributed by atoms with Crippen LogP contribution in [0.4, 0.5) is 13.2 Å². The summed E-state index contributed by atoms with van der Waals surface area (Å²) in [6.45, 7) is -0.389. The van der Waals surface area contributed by atoms with Gasteiger partial charge in [-0.15, -0.1) is 0 Å². The van der Waals surface area contributed by atoms with E-state index in [-0.39, 0.29) is 24.3 Å². The molecule has 1 fully saturated rings. The number of amides is 1. The van der Waals surface area contributed by atoms with Crippen molar-refractivity contribution < 1.29 is 32.6 Å². The minimum Gasteiger partial charge on any atom is -0.484 e. The zero-order valence-corrected chi connectivity index (χ0v) is 12.8. The molecule has 132 valence electrons. The topological polar surface area (TPSA) is 75.6 Å². The molecule has 0 unspecified atom stereocenters. The Labute approximate surface area is 136 Å². The van der Waals surface area contributed by atoms with Crippen LogP contribution in [-0.2, 0) is 15.8 Å². The Kier molecular flexibility index (Phi) is 5.69. The molecule has 1 aromatic rings. The lowest BCUT2D eigenvalue weighted by Crippen LogP contribution is -2.40. The Morgan fingerprint density at radius 1 is 1.21 bits per heavy atom. The summed E-state index contributed by atoms with van der Waals surface area (Å²) in [7, 11) is 0. The zero-order chi connectivity index (χ0) is 17.7. The summed E-state index contributed by atoms with van der Waals surface area (Å²) in [4.78, 5) is 22.7. The Morgan fingerprint density at radius 2 is 1.88 bits per heavy atom.